The molecule has 3 rings (SSSR count). The average molecular weight is 382 g/mol. The van der Waals surface area contributed by atoms with Gasteiger partial charge in [0, 0.05) is 18.9 Å². The SMILES string of the molecule is CCOc1ccc(OCCSc2nnc(NCC3CCCO3)s2)cc1. The molecule has 1 unspecified atom stereocenters. The number of anilines is 1. The van der Waals surface area contributed by atoms with Crippen molar-refractivity contribution < 1.29 is 14.2 Å². The quantitative estimate of drug-likeness (QED) is 0.497. The van der Waals surface area contributed by atoms with E-state index in [9.17, 15) is 0 Å². The average Bonchev–Trinajstić information content (AvgIpc) is 3.30. The Kier molecular flexibility index (Phi) is 7.20. The van der Waals surface area contributed by atoms with Crippen molar-refractivity contribution in [3.05, 3.63) is 24.3 Å². The molecule has 2 aromatic rings. The van der Waals surface area contributed by atoms with Crippen LogP contribution in [0.25, 0.3) is 0 Å². The minimum absolute atomic E-state index is 0.308. The van der Waals surface area contributed by atoms with Crippen molar-refractivity contribution in [2.24, 2.45) is 0 Å². The molecule has 0 bridgehead atoms. The first-order valence-corrected chi connectivity index (χ1v) is 10.3. The molecule has 8 heteroatoms. The summed E-state index contributed by atoms with van der Waals surface area (Å²) in [6.45, 7) is 4.94. The van der Waals surface area contributed by atoms with E-state index in [1.807, 2.05) is 31.2 Å². The summed E-state index contributed by atoms with van der Waals surface area (Å²) in [5, 5.41) is 12.5. The maximum atomic E-state index is 5.73. The van der Waals surface area contributed by atoms with Gasteiger partial charge in [0.25, 0.3) is 0 Å². The van der Waals surface area contributed by atoms with Crippen LogP contribution in [0.5, 0.6) is 11.5 Å². The molecule has 0 spiro atoms. The minimum Gasteiger partial charge on any atom is -0.494 e. The highest BCUT2D eigenvalue weighted by atomic mass is 32.2. The number of nitrogens with zero attached hydrogens (tertiary/aromatic N) is 2. The Balaban J connectivity index is 1.33. The lowest BCUT2D eigenvalue weighted by Gasteiger charge is -2.08. The lowest BCUT2D eigenvalue weighted by Crippen LogP contribution is -2.18. The first-order chi connectivity index (χ1) is 12.3. The maximum absolute atomic E-state index is 5.73. The van der Waals surface area contributed by atoms with Gasteiger partial charge in [0.05, 0.1) is 19.3 Å². The lowest BCUT2D eigenvalue weighted by atomic mass is 10.2. The van der Waals surface area contributed by atoms with E-state index in [-0.39, 0.29) is 0 Å². The molecule has 0 aliphatic carbocycles. The largest absolute Gasteiger partial charge is 0.494 e. The zero-order valence-electron chi connectivity index (χ0n) is 14.3. The molecule has 1 aromatic heterocycles. The van der Waals surface area contributed by atoms with Gasteiger partial charge in [0.1, 0.15) is 11.5 Å². The molecule has 1 N–H and O–H groups in total. The number of nitrogens with one attached hydrogen (secondary N) is 1. The Morgan fingerprint density at radius 1 is 1.24 bits per heavy atom. The second-order valence-corrected chi connectivity index (χ2v) is 7.81. The summed E-state index contributed by atoms with van der Waals surface area (Å²) in [4.78, 5) is 0. The van der Waals surface area contributed by atoms with E-state index in [1.54, 1.807) is 23.1 Å². The Hall–Kier alpha value is -1.51. The Morgan fingerprint density at radius 2 is 2.04 bits per heavy atom. The van der Waals surface area contributed by atoms with Crippen molar-refractivity contribution in [1.82, 2.24) is 10.2 Å². The van der Waals surface area contributed by atoms with Gasteiger partial charge < -0.3 is 19.5 Å². The molecular weight excluding hydrogens is 358 g/mol. The van der Waals surface area contributed by atoms with E-state index in [2.05, 4.69) is 15.5 Å². The van der Waals surface area contributed by atoms with E-state index < -0.39 is 0 Å². The minimum atomic E-state index is 0.308. The predicted molar refractivity (Wildman–Crippen MR) is 101 cm³/mol. The van der Waals surface area contributed by atoms with Crippen molar-refractivity contribution >= 4 is 28.2 Å². The molecule has 1 saturated heterocycles. The molecule has 1 atom stereocenters. The third-order valence-electron chi connectivity index (χ3n) is 3.62. The smallest absolute Gasteiger partial charge is 0.206 e. The third kappa shape index (κ3) is 6.05. The maximum Gasteiger partial charge on any atom is 0.206 e. The number of hydrogen-bond acceptors (Lipinski definition) is 8. The van der Waals surface area contributed by atoms with Crippen LogP contribution in [0.4, 0.5) is 5.13 Å². The van der Waals surface area contributed by atoms with Crippen molar-refractivity contribution in [2.45, 2.75) is 30.2 Å². The number of benzene rings is 1. The van der Waals surface area contributed by atoms with E-state index in [0.29, 0.717) is 19.3 Å². The summed E-state index contributed by atoms with van der Waals surface area (Å²) in [6, 6.07) is 7.69. The highest BCUT2D eigenvalue weighted by Gasteiger charge is 2.15. The normalized spacial score (nSPS) is 16.8. The van der Waals surface area contributed by atoms with Crippen LogP contribution in [0.15, 0.2) is 28.6 Å². The summed E-state index contributed by atoms with van der Waals surface area (Å²) in [7, 11) is 0. The number of rotatable bonds is 10. The van der Waals surface area contributed by atoms with Crippen LogP contribution in [0, 0.1) is 0 Å². The van der Waals surface area contributed by atoms with E-state index in [4.69, 9.17) is 14.2 Å². The molecule has 0 saturated carbocycles. The molecular formula is C17H23N3O3S2. The number of hydrogen-bond donors (Lipinski definition) is 1. The van der Waals surface area contributed by atoms with Crippen LogP contribution in [0.1, 0.15) is 19.8 Å². The van der Waals surface area contributed by atoms with E-state index in [0.717, 1.165) is 52.7 Å². The first kappa shape index (κ1) is 18.3. The molecule has 2 heterocycles. The van der Waals surface area contributed by atoms with Gasteiger partial charge in [-0.25, -0.2) is 0 Å². The Morgan fingerprint density at radius 3 is 2.76 bits per heavy atom. The van der Waals surface area contributed by atoms with E-state index >= 15 is 0 Å². The standard InChI is InChI=1S/C17H23N3O3S2/c1-2-21-13-5-7-14(8-6-13)23-10-11-24-17-20-19-16(25-17)18-12-15-4-3-9-22-15/h5-8,15H,2-4,9-12H2,1H3,(H,18,19). The highest BCUT2D eigenvalue weighted by molar-refractivity contribution is 8.01. The zero-order valence-corrected chi connectivity index (χ0v) is 15.9. The summed E-state index contributed by atoms with van der Waals surface area (Å²) in [5.74, 6) is 2.54. The van der Waals surface area contributed by atoms with Gasteiger partial charge in [-0.2, -0.15) is 0 Å². The topological polar surface area (TPSA) is 65.5 Å². The van der Waals surface area contributed by atoms with Gasteiger partial charge >= 0.3 is 0 Å². The van der Waals surface area contributed by atoms with Crippen LogP contribution in [-0.2, 0) is 4.74 Å². The van der Waals surface area contributed by atoms with Gasteiger partial charge in [0.15, 0.2) is 4.34 Å². The molecule has 1 aromatic carbocycles. The molecule has 1 aliphatic heterocycles. The van der Waals surface area contributed by atoms with Crippen LogP contribution in [-0.4, -0.2) is 48.4 Å². The monoisotopic (exact) mass is 381 g/mol. The van der Waals surface area contributed by atoms with E-state index in [1.165, 1.54) is 0 Å². The summed E-state index contributed by atoms with van der Waals surface area (Å²) < 4.78 is 17.7. The third-order valence-corrected chi connectivity index (χ3v) is 5.60. The molecule has 136 valence electrons. The second kappa shape index (κ2) is 9.84. The first-order valence-electron chi connectivity index (χ1n) is 8.51. The molecule has 0 radical (unpaired) electrons. The molecule has 6 nitrogen and oxygen atoms in total. The molecule has 1 aliphatic rings. The van der Waals surface area contributed by atoms with Gasteiger partial charge in [-0.1, -0.05) is 23.1 Å². The lowest BCUT2D eigenvalue weighted by molar-refractivity contribution is 0.120. The van der Waals surface area contributed by atoms with Crippen molar-refractivity contribution in [2.75, 3.05) is 37.4 Å². The Bertz CT molecular complexity index is 630. The van der Waals surface area contributed by atoms with Crippen molar-refractivity contribution in [3.8, 4) is 11.5 Å². The van der Waals surface area contributed by atoms with Crippen molar-refractivity contribution in [1.29, 1.82) is 0 Å². The van der Waals surface area contributed by atoms with Crippen LogP contribution < -0.4 is 14.8 Å². The van der Waals surface area contributed by atoms with Crippen molar-refractivity contribution in [3.63, 3.8) is 0 Å². The summed E-state index contributed by atoms with van der Waals surface area (Å²) in [5.41, 5.74) is 0. The fourth-order valence-electron chi connectivity index (χ4n) is 2.43. The zero-order chi connectivity index (χ0) is 17.3. The Labute approximate surface area is 156 Å². The van der Waals surface area contributed by atoms with Crippen LogP contribution in [0.2, 0.25) is 0 Å². The fourth-order valence-corrected chi connectivity index (χ4v) is 4.08. The molecule has 0 amide bonds. The fraction of sp³-hybridized carbons (Fsp3) is 0.529. The number of ether oxygens (including phenoxy) is 3. The predicted octanol–water partition coefficient (Wildman–Crippen LogP) is 3.70. The summed E-state index contributed by atoms with van der Waals surface area (Å²) in [6.07, 6.45) is 2.58. The van der Waals surface area contributed by atoms with Gasteiger partial charge in [-0.3, -0.25) is 0 Å². The second-order valence-electron chi connectivity index (χ2n) is 5.49. The number of thioether (sulfide) groups is 1. The number of aromatic nitrogens is 2. The van der Waals surface area contributed by atoms with Crippen LogP contribution >= 0.6 is 23.1 Å². The van der Waals surface area contributed by atoms with Gasteiger partial charge in [-0.05, 0) is 44.0 Å². The summed E-state index contributed by atoms with van der Waals surface area (Å²) >= 11 is 3.23. The van der Waals surface area contributed by atoms with Gasteiger partial charge in [0.2, 0.25) is 5.13 Å². The molecule has 1 fully saturated rings. The van der Waals surface area contributed by atoms with Gasteiger partial charge in [-0.15, -0.1) is 10.2 Å². The highest BCUT2D eigenvalue weighted by Crippen LogP contribution is 2.26. The molecule has 25 heavy (non-hydrogen) atoms. The van der Waals surface area contributed by atoms with Crippen LogP contribution in [0.3, 0.4) is 0 Å².